The van der Waals surface area contributed by atoms with E-state index in [0.29, 0.717) is 6.04 Å². The number of nitrogens with zero attached hydrogens (tertiary/aromatic N) is 4. The Hall–Kier alpha value is -0.910. The SMILES string of the molecule is CCCn1nccc1C(N)C1CN(C)CCCN1C. The highest BCUT2D eigenvalue weighted by molar-refractivity contribution is 5.10. The molecule has 0 spiro atoms. The fourth-order valence-corrected chi connectivity index (χ4v) is 2.92. The summed E-state index contributed by atoms with van der Waals surface area (Å²) in [6.45, 7) is 6.41. The molecular weight excluding hydrogens is 238 g/mol. The van der Waals surface area contributed by atoms with Crippen LogP contribution >= 0.6 is 0 Å². The number of hydrogen-bond acceptors (Lipinski definition) is 4. The molecule has 0 radical (unpaired) electrons. The maximum Gasteiger partial charge on any atom is 0.0637 e. The van der Waals surface area contributed by atoms with Gasteiger partial charge in [-0.3, -0.25) is 4.68 Å². The Kier molecular flexibility index (Phi) is 4.96. The minimum atomic E-state index is 0.0274. The molecule has 0 aliphatic carbocycles. The molecule has 1 aromatic heterocycles. The minimum absolute atomic E-state index is 0.0274. The van der Waals surface area contributed by atoms with Gasteiger partial charge in [0, 0.05) is 25.3 Å². The molecule has 0 amide bonds. The van der Waals surface area contributed by atoms with E-state index in [1.165, 1.54) is 6.42 Å². The van der Waals surface area contributed by atoms with Gasteiger partial charge in [-0.25, -0.2) is 0 Å². The summed E-state index contributed by atoms with van der Waals surface area (Å²) in [7, 11) is 4.37. The van der Waals surface area contributed by atoms with Crippen molar-refractivity contribution >= 4 is 0 Å². The summed E-state index contributed by atoms with van der Waals surface area (Å²) in [5.74, 6) is 0. The van der Waals surface area contributed by atoms with E-state index < -0.39 is 0 Å². The molecule has 2 heterocycles. The highest BCUT2D eigenvalue weighted by Gasteiger charge is 2.28. The Morgan fingerprint density at radius 2 is 2.21 bits per heavy atom. The van der Waals surface area contributed by atoms with Crippen LogP contribution in [-0.4, -0.2) is 59.4 Å². The van der Waals surface area contributed by atoms with Crippen molar-refractivity contribution < 1.29 is 0 Å². The van der Waals surface area contributed by atoms with E-state index in [2.05, 4.69) is 46.7 Å². The fraction of sp³-hybridized carbons (Fsp3) is 0.786. The van der Waals surface area contributed by atoms with Gasteiger partial charge in [-0.15, -0.1) is 0 Å². The van der Waals surface area contributed by atoms with Gasteiger partial charge in [0.2, 0.25) is 0 Å². The van der Waals surface area contributed by atoms with Crippen molar-refractivity contribution in [1.82, 2.24) is 19.6 Å². The zero-order chi connectivity index (χ0) is 13.8. The first kappa shape index (κ1) is 14.5. The summed E-state index contributed by atoms with van der Waals surface area (Å²) in [5, 5.41) is 4.39. The maximum absolute atomic E-state index is 6.54. The van der Waals surface area contributed by atoms with Crippen molar-refractivity contribution in [2.24, 2.45) is 5.73 Å². The lowest BCUT2D eigenvalue weighted by atomic mass is 10.0. The van der Waals surface area contributed by atoms with Crippen LogP contribution in [-0.2, 0) is 6.54 Å². The molecule has 5 nitrogen and oxygen atoms in total. The van der Waals surface area contributed by atoms with E-state index in [0.717, 1.165) is 38.3 Å². The maximum atomic E-state index is 6.54. The van der Waals surface area contributed by atoms with E-state index >= 15 is 0 Å². The number of nitrogens with two attached hydrogens (primary N) is 1. The van der Waals surface area contributed by atoms with Crippen molar-refractivity contribution in [2.45, 2.75) is 38.4 Å². The zero-order valence-corrected chi connectivity index (χ0v) is 12.4. The summed E-state index contributed by atoms with van der Waals surface area (Å²) in [5.41, 5.74) is 7.70. The molecule has 1 aliphatic heterocycles. The van der Waals surface area contributed by atoms with Crippen LogP contribution in [0, 0.1) is 0 Å². The number of aryl methyl sites for hydroxylation is 1. The Bertz CT molecular complexity index is 389. The quantitative estimate of drug-likeness (QED) is 0.880. The van der Waals surface area contributed by atoms with Gasteiger partial charge in [-0.05, 0) is 46.1 Å². The molecule has 1 aliphatic rings. The molecule has 2 rings (SSSR count). The van der Waals surface area contributed by atoms with E-state index in [-0.39, 0.29) is 6.04 Å². The van der Waals surface area contributed by atoms with Gasteiger partial charge >= 0.3 is 0 Å². The normalized spacial score (nSPS) is 24.3. The molecule has 0 saturated carbocycles. The third kappa shape index (κ3) is 3.35. The molecule has 0 aromatic carbocycles. The predicted molar refractivity (Wildman–Crippen MR) is 78.0 cm³/mol. The Labute approximate surface area is 116 Å². The van der Waals surface area contributed by atoms with Crippen LogP contribution in [0.1, 0.15) is 31.5 Å². The van der Waals surface area contributed by atoms with E-state index in [9.17, 15) is 0 Å². The second-order valence-electron chi connectivity index (χ2n) is 5.67. The predicted octanol–water partition coefficient (Wildman–Crippen LogP) is 0.929. The van der Waals surface area contributed by atoms with Crippen LogP contribution in [0.4, 0.5) is 0 Å². The standard InChI is InChI=1S/C14H27N5/c1-4-8-19-12(6-7-16-19)14(15)13-11-17(2)9-5-10-18(13)3/h6-7,13-14H,4-5,8-11,15H2,1-3H3. The molecule has 1 aromatic rings. The summed E-state index contributed by atoms with van der Waals surface area (Å²) >= 11 is 0. The molecule has 2 N–H and O–H groups in total. The largest absolute Gasteiger partial charge is 0.321 e. The van der Waals surface area contributed by atoms with Crippen LogP contribution in [0.25, 0.3) is 0 Å². The molecular formula is C14H27N5. The molecule has 1 fully saturated rings. The smallest absolute Gasteiger partial charge is 0.0637 e. The van der Waals surface area contributed by atoms with Crippen LogP contribution in [0.2, 0.25) is 0 Å². The van der Waals surface area contributed by atoms with Gasteiger partial charge in [0.1, 0.15) is 0 Å². The summed E-state index contributed by atoms with van der Waals surface area (Å²) < 4.78 is 2.06. The lowest BCUT2D eigenvalue weighted by molar-refractivity contribution is 0.192. The van der Waals surface area contributed by atoms with Crippen molar-refractivity contribution in [3.63, 3.8) is 0 Å². The van der Waals surface area contributed by atoms with E-state index in [1.54, 1.807) is 0 Å². The molecule has 108 valence electrons. The molecule has 5 heteroatoms. The van der Waals surface area contributed by atoms with Crippen LogP contribution in [0.15, 0.2) is 12.3 Å². The highest BCUT2D eigenvalue weighted by atomic mass is 15.3. The number of aromatic nitrogens is 2. The molecule has 2 atom stereocenters. The molecule has 2 unspecified atom stereocenters. The van der Waals surface area contributed by atoms with Gasteiger partial charge < -0.3 is 15.5 Å². The average molecular weight is 265 g/mol. The Morgan fingerprint density at radius 3 is 2.95 bits per heavy atom. The first-order chi connectivity index (χ1) is 9.13. The number of hydrogen-bond donors (Lipinski definition) is 1. The van der Waals surface area contributed by atoms with Crippen LogP contribution < -0.4 is 5.73 Å². The highest BCUT2D eigenvalue weighted by Crippen LogP contribution is 2.21. The third-order valence-electron chi connectivity index (χ3n) is 4.06. The van der Waals surface area contributed by atoms with Crippen LogP contribution in [0.5, 0.6) is 0 Å². The van der Waals surface area contributed by atoms with Crippen molar-refractivity contribution in [1.29, 1.82) is 0 Å². The third-order valence-corrected chi connectivity index (χ3v) is 4.06. The van der Waals surface area contributed by atoms with Crippen LogP contribution in [0.3, 0.4) is 0 Å². The topological polar surface area (TPSA) is 50.3 Å². The molecule has 19 heavy (non-hydrogen) atoms. The Morgan fingerprint density at radius 1 is 1.42 bits per heavy atom. The fourth-order valence-electron chi connectivity index (χ4n) is 2.92. The van der Waals surface area contributed by atoms with E-state index in [1.807, 2.05) is 6.20 Å². The first-order valence-corrected chi connectivity index (χ1v) is 7.29. The number of likely N-dealkylation sites (N-methyl/N-ethyl adjacent to an activating group) is 2. The molecule has 0 bridgehead atoms. The van der Waals surface area contributed by atoms with Crippen molar-refractivity contribution in [2.75, 3.05) is 33.7 Å². The van der Waals surface area contributed by atoms with E-state index in [4.69, 9.17) is 5.73 Å². The van der Waals surface area contributed by atoms with Gasteiger partial charge in [-0.1, -0.05) is 6.92 Å². The average Bonchev–Trinajstić information content (AvgIpc) is 2.76. The zero-order valence-electron chi connectivity index (χ0n) is 12.4. The monoisotopic (exact) mass is 265 g/mol. The van der Waals surface area contributed by atoms with Gasteiger partial charge in [0.15, 0.2) is 0 Å². The Balaban J connectivity index is 2.16. The van der Waals surface area contributed by atoms with Gasteiger partial charge in [-0.2, -0.15) is 5.10 Å². The first-order valence-electron chi connectivity index (χ1n) is 7.29. The van der Waals surface area contributed by atoms with Gasteiger partial charge in [0.25, 0.3) is 0 Å². The lowest BCUT2D eigenvalue weighted by Gasteiger charge is -2.32. The second-order valence-corrected chi connectivity index (χ2v) is 5.67. The molecule has 1 saturated heterocycles. The van der Waals surface area contributed by atoms with Gasteiger partial charge in [0.05, 0.1) is 11.7 Å². The van der Waals surface area contributed by atoms with Crippen molar-refractivity contribution in [3.8, 4) is 0 Å². The second kappa shape index (κ2) is 6.50. The summed E-state index contributed by atoms with van der Waals surface area (Å²) in [6, 6.07) is 2.46. The summed E-state index contributed by atoms with van der Waals surface area (Å²) in [6.07, 6.45) is 4.16. The minimum Gasteiger partial charge on any atom is -0.321 e. The number of rotatable bonds is 4. The van der Waals surface area contributed by atoms with Crippen molar-refractivity contribution in [3.05, 3.63) is 18.0 Å². The summed E-state index contributed by atoms with van der Waals surface area (Å²) in [4.78, 5) is 4.78. The lowest BCUT2D eigenvalue weighted by Crippen LogP contribution is -2.45.